The van der Waals surface area contributed by atoms with E-state index in [1.807, 2.05) is 38.1 Å². The van der Waals surface area contributed by atoms with Gasteiger partial charge in [-0.15, -0.1) is 0 Å². The van der Waals surface area contributed by atoms with Crippen LogP contribution in [0.2, 0.25) is 0 Å². The highest BCUT2D eigenvalue weighted by molar-refractivity contribution is 5.91. The predicted molar refractivity (Wildman–Crippen MR) is 76.0 cm³/mol. The van der Waals surface area contributed by atoms with E-state index >= 15 is 0 Å². The lowest BCUT2D eigenvalue weighted by atomic mass is 10.2. The van der Waals surface area contributed by atoms with Gasteiger partial charge in [0, 0.05) is 6.08 Å². The first kappa shape index (κ1) is 15.2. The van der Waals surface area contributed by atoms with Crippen LogP contribution in [0, 0.1) is 0 Å². The van der Waals surface area contributed by atoms with Gasteiger partial charge >= 0.3 is 0 Å². The quantitative estimate of drug-likeness (QED) is 0.740. The van der Waals surface area contributed by atoms with Gasteiger partial charge in [-0.1, -0.05) is 19.1 Å². The summed E-state index contributed by atoms with van der Waals surface area (Å²) in [5.74, 6) is 0.616. The van der Waals surface area contributed by atoms with Crippen LogP contribution in [0.4, 0.5) is 0 Å². The molecule has 0 heterocycles. The van der Waals surface area contributed by atoms with Crippen LogP contribution >= 0.6 is 0 Å². The molecule has 0 aliphatic heterocycles. The molecule has 0 aromatic heterocycles. The van der Waals surface area contributed by atoms with Gasteiger partial charge in [0.1, 0.15) is 5.75 Å². The summed E-state index contributed by atoms with van der Waals surface area (Å²) in [7, 11) is 0. The molecule has 1 amide bonds. The van der Waals surface area contributed by atoms with Gasteiger partial charge in [-0.2, -0.15) is 0 Å². The van der Waals surface area contributed by atoms with Crippen LogP contribution in [-0.2, 0) is 4.79 Å². The Labute approximate surface area is 114 Å². The lowest BCUT2D eigenvalue weighted by molar-refractivity contribution is -0.117. The van der Waals surface area contributed by atoms with Gasteiger partial charge in [0.15, 0.2) is 0 Å². The Balaban J connectivity index is 2.53. The van der Waals surface area contributed by atoms with Crippen molar-refractivity contribution in [3.8, 4) is 5.75 Å². The lowest BCUT2D eigenvalue weighted by Crippen LogP contribution is -2.35. The maximum absolute atomic E-state index is 11.6. The van der Waals surface area contributed by atoms with E-state index in [-0.39, 0.29) is 18.6 Å². The van der Waals surface area contributed by atoms with Crippen molar-refractivity contribution in [1.29, 1.82) is 0 Å². The molecule has 0 radical (unpaired) electrons. The number of hydrogen-bond donors (Lipinski definition) is 2. The van der Waals surface area contributed by atoms with Crippen molar-refractivity contribution in [3.05, 3.63) is 35.9 Å². The molecule has 2 N–H and O–H groups in total. The van der Waals surface area contributed by atoms with Gasteiger partial charge in [-0.05, 0) is 37.1 Å². The van der Waals surface area contributed by atoms with E-state index in [4.69, 9.17) is 9.84 Å². The van der Waals surface area contributed by atoms with Gasteiger partial charge in [-0.3, -0.25) is 4.79 Å². The number of nitrogens with one attached hydrogen (secondary N) is 1. The number of aliphatic hydroxyl groups is 1. The second-order valence-electron chi connectivity index (χ2n) is 4.13. The summed E-state index contributed by atoms with van der Waals surface area (Å²) in [5.41, 5.74) is 0.927. The highest BCUT2D eigenvalue weighted by atomic mass is 16.5. The highest BCUT2D eigenvalue weighted by Gasteiger charge is 2.05. The number of benzene rings is 1. The molecule has 4 nitrogen and oxygen atoms in total. The summed E-state index contributed by atoms with van der Waals surface area (Å²) in [5, 5.41) is 11.7. The molecule has 0 saturated heterocycles. The van der Waals surface area contributed by atoms with E-state index in [9.17, 15) is 4.79 Å². The first-order chi connectivity index (χ1) is 9.19. The molecular weight excluding hydrogens is 242 g/mol. The van der Waals surface area contributed by atoms with Crippen molar-refractivity contribution in [2.24, 2.45) is 0 Å². The topological polar surface area (TPSA) is 58.6 Å². The first-order valence-corrected chi connectivity index (χ1v) is 6.51. The summed E-state index contributed by atoms with van der Waals surface area (Å²) in [6.07, 6.45) is 3.91. The zero-order valence-electron chi connectivity index (χ0n) is 11.4. The first-order valence-electron chi connectivity index (χ1n) is 6.51. The van der Waals surface area contributed by atoms with E-state index in [0.29, 0.717) is 13.0 Å². The maximum Gasteiger partial charge on any atom is 0.244 e. The number of aliphatic hydroxyl groups excluding tert-OH is 1. The highest BCUT2D eigenvalue weighted by Crippen LogP contribution is 2.12. The Hall–Kier alpha value is -1.81. The van der Waals surface area contributed by atoms with Crippen molar-refractivity contribution in [1.82, 2.24) is 5.32 Å². The number of carbonyl (C=O) groups is 1. The zero-order chi connectivity index (χ0) is 14.1. The number of carbonyl (C=O) groups excluding carboxylic acids is 1. The van der Waals surface area contributed by atoms with Gasteiger partial charge in [0.2, 0.25) is 5.91 Å². The monoisotopic (exact) mass is 263 g/mol. The fraction of sp³-hybridized carbons (Fsp3) is 0.400. The molecule has 0 bridgehead atoms. The molecule has 19 heavy (non-hydrogen) atoms. The van der Waals surface area contributed by atoms with E-state index in [1.54, 1.807) is 6.08 Å². The van der Waals surface area contributed by atoms with Crippen LogP contribution in [0.15, 0.2) is 30.3 Å². The number of amides is 1. The average molecular weight is 263 g/mol. The van der Waals surface area contributed by atoms with Crippen LogP contribution in [0.5, 0.6) is 5.75 Å². The van der Waals surface area contributed by atoms with Crippen LogP contribution in [0.3, 0.4) is 0 Å². The third-order valence-electron chi connectivity index (χ3n) is 2.68. The molecule has 1 aromatic rings. The maximum atomic E-state index is 11.6. The fourth-order valence-corrected chi connectivity index (χ4v) is 1.54. The molecule has 1 atom stereocenters. The van der Waals surface area contributed by atoms with Gasteiger partial charge in [0.05, 0.1) is 19.3 Å². The third-order valence-corrected chi connectivity index (χ3v) is 2.68. The van der Waals surface area contributed by atoms with E-state index in [2.05, 4.69) is 5.32 Å². The number of ether oxygens (including phenoxy) is 1. The Morgan fingerprint density at radius 1 is 1.37 bits per heavy atom. The molecule has 0 saturated carbocycles. The Kier molecular flexibility index (Phi) is 6.68. The minimum Gasteiger partial charge on any atom is -0.494 e. The number of rotatable bonds is 7. The molecule has 1 rings (SSSR count). The summed E-state index contributed by atoms with van der Waals surface area (Å²) in [4.78, 5) is 11.6. The van der Waals surface area contributed by atoms with Gasteiger partial charge < -0.3 is 15.2 Å². The fourth-order valence-electron chi connectivity index (χ4n) is 1.54. The second kappa shape index (κ2) is 8.32. The molecule has 0 aliphatic rings. The molecule has 1 aromatic carbocycles. The molecule has 104 valence electrons. The van der Waals surface area contributed by atoms with Crippen molar-refractivity contribution in [2.45, 2.75) is 26.3 Å². The summed E-state index contributed by atoms with van der Waals surface area (Å²) in [6, 6.07) is 7.32. The molecule has 0 fully saturated rings. The molecule has 0 aliphatic carbocycles. The normalized spacial score (nSPS) is 12.4. The standard InChI is InChI=1S/C15H21NO3/c1-3-13(11-17)16-15(18)10-7-12-5-8-14(9-6-12)19-4-2/h5-10,13,17H,3-4,11H2,1-2H3,(H,16,18)/b10-7+/t13-/m0/s1. The minimum absolute atomic E-state index is 0.0425. The Bertz CT molecular complexity index is 408. The summed E-state index contributed by atoms with van der Waals surface area (Å²) >= 11 is 0. The van der Waals surface area contributed by atoms with Crippen molar-refractivity contribution < 1.29 is 14.6 Å². The smallest absolute Gasteiger partial charge is 0.244 e. The molecular formula is C15H21NO3. The van der Waals surface area contributed by atoms with Crippen LogP contribution in [0.25, 0.3) is 6.08 Å². The summed E-state index contributed by atoms with van der Waals surface area (Å²) in [6.45, 7) is 4.44. The molecule has 0 unspecified atom stereocenters. The minimum atomic E-state index is -0.199. The lowest BCUT2D eigenvalue weighted by Gasteiger charge is -2.11. The van der Waals surface area contributed by atoms with Gasteiger partial charge in [-0.25, -0.2) is 0 Å². The Morgan fingerprint density at radius 2 is 2.05 bits per heavy atom. The van der Waals surface area contributed by atoms with Crippen LogP contribution < -0.4 is 10.1 Å². The van der Waals surface area contributed by atoms with Crippen LogP contribution in [-0.4, -0.2) is 30.3 Å². The zero-order valence-corrected chi connectivity index (χ0v) is 11.4. The molecule has 0 spiro atoms. The predicted octanol–water partition coefficient (Wildman–Crippen LogP) is 1.99. The van der Waals surface area contributed by atoms with Crippen molar-refractivity contribution >= 4 is 12.0 Å². The Morgan fingerprint density at radius 3 is 2.58 bits per heavy atom. The van der Waals surface area contributed by atoms with E-state index < -0.39 is 0 Å². The van der Waals surface area contributed by atoms with Gasteiger partial charge in [0.25, 0.3) is 0 Å². The second-order valence-corrected chi connectivity index (χ2v) is 4.13. The van der Waals surface area contributed by atoms with Crippen molar-refractivity contribution in [3.63, 3.8) is 0 Å². The van der Waals surface area contributed by atoms with E-state index in [1.165, 1.54) is 6.08 Å². The van der Waals surface area contributed by atoms with Crippen molar-refractivity contribution in [2.75, 3.05) is 13.2 Å². The number of hydrogen-bond acceptors (Lipinski definition) is 3. The third kappa shape index (κ3) is 5.57. The average Bonchev–Trinajstić information content (AvgIpc) is 2.44. The summed E-state index contributed by atoms with van der Waals surface area (Å²) < 4.78 is 5.34. The SMILES string of the molecule is CCOc1ccc(/C=C/C(=O)N[C@@H](CC)CO)cc1. The van der Waals surface area contributed by atoms with Crippen LogP contribution in [0.1, 0.15) is 25.8 Å². The largest absolute Gasteiger partial charge is 0.494 e. The molecule has 4 heteroatoms. The van der Waals surface area contributed by atoms with E-state index in [0.717, 1.165) is 11.3 Å².